The monoisotopic (exact) mass is 239 g/mol. The second-order valence-corrected chi connectivity index (χ2v) is 5.86. The van der Waals surface area contributed by atoms with Gasteiger partial charge in [-0.25, -0.2) is 0 Å². The lowest BCUT2D eigenvalue weighted by atomic mass is 9.78. The Kier molecular flexibility index (Phi) is 3.40. The van der Waals surface area contributed by atoms with Crippen LogP contribution in [-0.2, 0) is 9.59 Å². The fourth-order valence-corrected chi connectivity index (χ4v) is 2.56. The average Bonchev–Trinajstić information content (AvgIpc) is 3.05. The van der Waals surface area contributed by atoms with Crippen molar-refractivity contribution in [3.63, 3.8) is 0 Å². The van der Waals surface area contributed by atoms with Crippen LogP contribution in [0.5, 0.6) is 0 Å². The van der Waals surface area contributed by atoms with Gasteiger partial charge >= 0.3 is 5.97 Å². The van der Waals surface area contributed by atoms with Crippen LogP contribution in [0.4, 0.5) is 0 Å². The number of hydrogen-bond acceptors (Lipinski definition) is 2. The van der Waals surface area contributed by atoms with E-state index in [1.807, 2.05) is 0 Å². The van der Waals surface area contributed by atoms with E-state index < -0.39 is 11.9 Å². The Morgan fingerprint density at radius 2 is 1.82 bits per heavy atom. The number of rotatable bonds is 4. The number of aliphatic carboxylic acids is 1. The third kappa shape index (κ3) is 2.99. The molecule has 0 aromatic rings. The first-order valence-corrected chi connectivity index (χ1v) is 6.52. The molecule has 4 nitrogen and oxygen atoms in total. The molecule has 0 saturated heterocycles. The molecule has 2 aliphatic rings. The van der Waals surface area contributed by atoms with Gasteiger partial charge in [0.2, 0.25) is 5.91 Å². The van der Waals surface area contributed by atoms with E-state index in [2.05, 4.69) is 12.2 Å². The second-order valence-electron chi connectivity index (χ2n) is 5.86. The van der Waals surface area contributed by atoms with Crippen LogP contribution in [0, 0.1) is 17.3 Å². The molecule has 0 aromatic carbocycles. The zero-order chi connectivity index (χ0) is 12.5. The molecule has 2 aliphatic carbocycles. The summed E-state index contributed by atoms with van der Waals surface area (Å²) in [7, 11) is 0. The maximum Gasteiger partial charge on any atom is 0.307 e. The van der Waals surface area contributed by atoms with E-state index in [0.29, 0.717) is 13.0 Å². The highest BCUT2D eigenvalue weighted by atomic mass is 16.4. The summed E-state index contributed by atoms with van der Waals surface area (Å²) < 4.78 is 0. The van der Waals surface area contributed by atoms with Gasteiger partial charge in [-0.15, -0.1) is 0 Å². The zero-order valence-electron chi connectivity index (χ0n) is 10.4. The quantitative estimate of drug-likeness (QED) is 0.786. The van der Waals surface area contributed by atoms with Crippen LogP contribution in [0.3, 0.4) is 0 Å². The van der Waals surface area contributed by atoms with Crippen molar-refractivity contribution in [2.75, 3.05) is 6.54 Å². The molecule has 2 N–H and O–H groups in total. The summed E-state index contributed by atoms with van der Waals surface area (Å²) in [5.74, 6) is -1.66. The van der Waals surface area contributed by atoms with Gasteiger partial charge in [0.25, 0.3) is 0 Å². The Hall–Kier alpha value is -1.06. The first-order valence-electron chi connectivity index (χ1n) is 6.52. The Balaban J connectivity index is 1.89. The summed E-state index contributed by atoms with van der Waals surface area (Å²) in [6, 6.07) is 0. The highest BCUT2D eigenvalue weighted by Gasteiger charge is 2.40. The van der Waals surface area contributed by atoms with E-state index in [1.165, 1.54) is 12.8 Å². The number of carbonyl (C=O) groups is 2. The van der Waals surface area contributed by atoms with Crippen LogP contribution in [0.1, 0.15) is 45.4 Å². The molecule has 0 spiro atoms. The molecule has 96 valence electrons. The smallest absolute Gasteiger partial charge is 0.307 e. The molecule has 4 heteroatoms. The van der Waals surface area contributed by atoms with Crippen LogP contribution >= 0.6 is 0 Å². The predicted octanol–water partition coefficient (Wildman–Crippen LogP) is 1.79. The lowest BCUT2D eigenvalue weighted by molar-refractivity contribution is -0.148. The lowest BCUT2D eigenvalue weighted by Gasteiger charge is -2.27. The van der Waals surface area contributed by atoms with Crippen LogP contribution in [0.15, 0.2) is 0 Å². The van der Waals surface area contributed by atoms with Crippen molar-refractivity contribution in [1.82, 2.24) is 5.32 Å². The zero-order valence-corrected chi connectivity index (χ0v) is 10.4. The van der Waals surface area contributed by atoms with Crippen molar-refractivity contribution in [2.45, 2.75) is 45.4 Å². The van der Waals surface area contributed by atoms with Gasteiger partial charge in [-0.2, -0.15) is 0 Å². The van der Waals surface area contributed by atoms with Gasteiger partial charge in [-0.3, -0.25) is 9.59 Å². The predicted molar refractivity (Wildman–Crippen MR) is 63.4 cm³/mol. The molecule has 0 aliphatic heterocycles. The van der Waals surface area contributed by atoms with Crippen molar-refractivity contribution >= 4 is 11.9 Å². The molecular formula is C13H21NO3. The molecule has 17 heavy (non-hydrogen) atoms. The Labute approximate surface area is 102 Å². The summed E-state index contributed by atoms with van der Waals surface area (Å²) in [6.07, 6.45) is 5.60. The van der Waals surface area contributed by atoms with E-state index in [1.54, 1.807) is 0 Å². The minimum atomic E-state index is -0.817. The van der Waals surface area contributed by atoms with Crippen LogP contribution in [-0.4, -0.2) is 23.5 Å². The maximum atomic E-state index is 12.0. The summed E-state index contributed by atoms with van der Waals surface area (Å²) in [5.41, 5.74) is 0.281. The topological polar surface area (TPSA) is 66.4 Å². The molecule has 0 aromatic heterocycles. The number of carboxylic acids is 1. The highest BCUT2D eigenvalue weighted by molar-refractivity contribution is 5.84. The summed E-state index contributed by atoms with van der Waals surface area (Å²) in [5, 5.41) is 12.1. The fourth-order valence-electron chi connectivity index (χ4n) is 2.56. The standard InChI is InChI=1S/C13H21NO3/c1-13(6-7-13)8-14-11(15)9-4-2-3-5-10(9)12(16)17/h9-10H,2-8H2,1H3,(H,14,15)(H,16,17)/t9-,10+/m1/s1. The van der Waals surface area contributed by atoms with Gasteiger partial charge in [0, 0.05) is 6.54 Å². The lowest BCUT2D eigenvalue weighted by Crippen LogP contribution is -2.41. The van der Waals surface area contributed by atoms with Gasteiger partial charge in [0.05, 0.1) is 11.8 Å². The van der Waals surface area contributed by atoms with E-state index in [0.717, 1.165) is 19.3 Å². The van der Waals surface area contributed by atoms with Gasteiger partial charge < -0.3 is 10.4 Å². The van der Waals surface area contributed by atoms with Crippen molar-refractivity contribution < 1.29 is 14.7 Å². The first-order chi connectivity index (χ1) is 8.02. The summed E-state index contributed by atoms with van der Waals surface area (Å²) in [6.45, 7) is 2.86. The van der Waals surface area contributed by atoms with E-state index >= 15 is 0 Å². The van der Waals surface area contributed by atoms with Crippen molar-refractivity contribution in [3.8, 4) is 0 Å². The van der Waals surface area contributed by atoms with Crippen molar-refractivity contribution in [2.24, 2.45) is 17.3 Å². The first kappa shape index (κ1) is 12.4. The number of carboxylic acid groups (broad SMARTS) is 1. The molecule has 2 saturated carbocycles. The Morgan fingerprint density at radius 3 is 2.35 bits per heavy atom. The molecule has 0 unspecified atom stereocenters. The van der Waals surface area contributed by atoms with Crippen LogP contribution < -0.4 is 5.32 Å². The molecular weight excluding hydrogens is 218 g/mol. The van der Waals surface area contributed by atoms with E-state index in [4.69, 9.17) is 5.11 Å². The number of amides is 1. The van der Waals surface area contributed by atoms with Gasteiger partial charge in [0.15, 0.2) is 0 Å². The van der Waals surface area contributed by atoms with Gasteiger partial charge in [-0.1, -0.05) is 19.8 Å². The summed E-state index contributed by atoms with van der Waals surface area (Å²) in [4.78, 5) is 23.1. The number of hydrogen-bond donors (Lipinski definition) is 2. The van der Waals surface area contributed by atoms with Gasteiger partial charge in [0.1, 0.15) is 0 Å². The van der Waals surface area contributed by atoms with E-state index in [9.17, 15) is 9.59 Å². The molecule has 2 fully saturated rings. The van der Waals surface area contributed by atoms with Gasteiger partial charge in [-0.05, 0) is 31.1 Å². The fraction of sp³-hybridized carbons (Fsp3) is 0.846. The molecule has 2 atom stereocenters. The normalized spacial score (nSPS) is 30.6. The minimum absolute atomic E-state index is 0.0507. The molecule has 2 rings (SSSR count). The molecule has 1 amide bonds. The Bertz CT molecular complexity index is 323. The van der Waals surface area contributed by atoms with Crippen LogP contribution in [0.2, 0.25) is 0 Å². The van der Waals surface area contributed by atoms with Crippen molar-refractivity contribution in [3.05, 3.63) is 0 Å². The highest BCUT2D eigenvalue weighted by Crippen LogP contribution is 2.44. The average molecular weight is 239 g/mol. The molecule has 0 bridgehead atoms. The Morgan fingerprint density at radius 1 is 1.24 bits per heavy atom. The molecule has 0 heterocycles. The number of carbonyl (C=O) groups excluding carboxylic acids is 1. The second kappa shape index (κ2) is 4.67. The number of nitrogens with one attached hydrogen (secondary N) is 1. The van der Waals surface area contributed by atoms with E-state index in [-0.39, 0.29) is 17.2 Å². The SMILES string of the molecule is CC1(CNC(=O)[C@@H]2CCCC[C@@H]2C(=O)O)CC1. The van der Waals surface area contributed by atoms with Crippen molar-refractivity contribution in [1.29, 1.82) is 0 Å². The third-order valence-electron chi connectivity index (χ3n) is 4.21. The summed E-state index contributed by atoms with van der Waals surface area (Å²) >= 11 is 0. The molecule has 0 radical (unpaired) electrons. The third-order valence-corrected chi connectivity index (χ3v) is 4.21. The minimum Gasteiger partial charge on any atom is -0.481 e. The van der Waals surface area contributed by atoms with Crippen LogP contribution in [0.25, 0.3) is 0 Å². The largest absolute Gasteiger partial charge is 0.481 e. The maximum absolute atomic E-state index is 12.0.